The van der Waals surface area contributed by atoms with Gasteiger partial charge >= 0.3 is 0 Å². The number of benzene rings is 1. The predicted octanol–water partition coefficient (Wildman–Crippen LogP) is 2.63. The van der Waals surface area contributed by atoms with Gasteiger partial charge in [0, 0.05) is 32.2 Å². The maximum Gasteiger partial charge on any atom is 0.230 e. The molecule has 1 unspecified atom stereocenters. The van der Waals surface area contributed by atoms with Gasteiger partial charge in [-0.15, -0.1) is 0 Å². The molecule has 1 aromatic rings. The average molecular weight is 357 g/mol. The third-order valence-electron chi connectivity index (χ3n) is 5.12. The largest absolute Gasteiger partial charge is 0.345 e. The molecule has 7 heteroatoms. The zero-order chi connectivity index (χ0) is 17.5. The standard InChI is InChI=1S/C17H19ClF2N2O2/c1-21-7-2-5-17(16(21)24)6-8-22(10-17)14(23)9-11-13(19)4-3-12(18)15(11)20/h3-4H,2,5-10H2,1H3. The molecule has 2 fully saturated rings. The minimum absolute atomic E-state index is 0.0594. The quantitative estimate of drug-likeness (QED) is 0.764. The van der Waals surface area contributed by atoms with Crippen molar-refractivity contribution in [3.8, 4) is 0 Å². The third kappa shape index (κ3) is 2.88. The highest BCUT2D eigenvalue weighted by Gasteiger charge is 2.48. The van der Waals surface area contributed by atoms with Crippen LogP contribution in [-0.4, -0.2) is 48.3 Å². The molecule has 24 heavy (non-hydrogen) atoms. The van der Waals surface area contributed by atoms with E-state index in [0.29, 0.717) is 19.5 Å². The molecule has 1 atom stereocenters. The number of nitrogens with zero attached hydrogens (tertiary/aromatic N) is 2. The van der Waals surface area contributed by atoms with Gasteiger partial charge in [-0.05, 0) is 31.4 Å². The Morgan fingerprint density at radius 3 is 2.79 bits per heavy atom. The number of hydrogen-bond acceptors (Lipinski definition) is 2. The van der Waals surface area contributed by atoms with E-state index < -0.39 is 23.5 Å². The molecule has 0 radical (unpaired) electrons. The van der Waals surface area contributed by atoms with Crippen LogP contribution in [0.5, 0.6) is 0 Å². The Balaban J connectivity index is 1.74. The van der Waals surface area contributed by atoms with Gasteiger partial charge in [0.1, 0.15) is 11.6 Å². The minimum atomic E-state index is -0.896. The molecule has 1 spiro atoms. The molecular formula is C17H19ClF2N2O2. The van der Waals surface area contributed by atoms with Crippen LogP contribution in [0.15, 0.2) is 12.1 Å². The van der Waals surface area contributed by atoms with Crippen LogP contribution in [0.1, 0.15) is 24.8 Å². The summed E-state index contributed by atoms with van der Waals surface area (Å²) in [4.78, 5) is 28.2. The van der Waals surface area contributed by atoms with E-state index in [9.17, 15) is 18.4 Å². The average Bonchev–Trinajstić information content (AvgIpc) is 2.98. The number of amides is 2. The van der Waals surface area contributed by atoms with Gasteiger partial charge in [-0.1, -0.05) is 11.6 Å². The lowest BCUT2D eigenvalue weighted by molar-refractivity contribution is -0.144. The van der Waals surface area contributed by atoms with Gasteiger partial charge < -0.3 is 9.80 Å². The maximum absolute atomic E-state index is 14.0. The van der Waals surface area contributed by atoms with E-state index in [1.54, 1.807) is 11.9 Å². The molecule has 0 bridgehead atoms. The Kier molecular flexibility index (Phi) is 4.51. The molecule has 130 valence electrons. The molecule has 2 saturated heterocycles. The summed E-state index contributed by atoms with van der Waals surface area (Å²) < 4.78 is 27.8. The van der Waals surface area contributed by atoms with E-state index in [1.165, 1.54) is 4.90 Å². The van der Waals surface area contributed by atoms with Crippen molar-refractivity contribution in [2.75, 3.05) is 26.7 Å². The van der Waals surface area contributed by atoms with Crippen molar-refractivity contribution in [1.29, 1.82) is 0 Å². The lowest BCUT2D eigenvalue weighted by Crippen LogP contribution is -2.48. The van der Waals surface area contributed by atoms with Crippen molar-refractivity contribution >= 4 is 23.4 Å². The van der Waals surface area contributed by atoms with Crippen molar-refractivity contribution in [1.82, 2.24) is 9.80 Å². The van der Waals surface area contributed by atoms with Crippen LogP contribution in [0.3, 0.4) is 0 Å². The summed E-state index contributed by atoms with van der Waals surface area (Å²) in [6.07, 6.45) is 1.86. The summed E-state index contributed by atoms with van der Waals surface area (Å²) in [7, 11) is 1.77. The van der Waals surface area contributed by atoms with Gasteiger partial charge in [-0.2, -0.15) is 0 Å². The summed E-state index contributed by atoms with van der Waals surface area (Å²) in [5.74, 6) is -2.00. The molecule has 1 aromatic carbocycles. The first-order chi connectivity index (χ1) is 11.3. The highest BCUT2D eigenvalue weighted by Crippen LogP contribution is 2.39. The van der Waals surface area contributed by atoms with E-state index in [1.807, 2.05) is 0 Å². The summed E-state index contributed by atoms with van der Waals surface area (Å²) in [5.41, 5.74) is -0.853. The highest BCUT2D eigenvalue weighted by atomic mass is 35.5. The fourth-order valence-electron chi connectivity index (χ4n) is 3.73. The van der Waals surface area contributed by atoms with E-state index >= 15 is 0 Å². The first-order valence-corrected chi connectivity index (χ1v) is 8.37. The van der Waals surface area contributed by atoms with Crippen LogP contribution in [0.2, 0.25) is 5.02 Å². The monoisotopic (exact) mass is 356 g/mol. The van der Waals surface area contributed by atoms with E-state index in [4.69, 9.17) is 11.6 Å². The molecule has 0 saturated carbocycles. The second kappa shape index (κ2) is 6.31. The van der Waals surface area contributed by atoms with Crippen LogP contribution in [-0.2, 0) is 16.0 Å². The molecule has 2 heterocycles. The predicted molar refractivity (Wildman–Crippen MR) is 85.6 cm³/mol. The van der Waals surface area contributed by atoms with E-state index in [-0.39, 0.29) is 22.4 Å². The number of halogens is 3. The molecule has 3 rings (SSSR count). The van der Waals surface area contributed by atoms with Crippen LogP contribution >= 0.6 is 11.6 Å². The van der Waals surface area contributed by atoms with Crippen LogP contribution in [0, 0.1) is 17.0 Å². The Labute approximate surface area is 144 Å². The Bertz CT molecular complexity index is 697. The van der Waals surface area contributed by atoms with Gasteiger partial charge in [0.2, 0.25) is 11.8 Å². The highest BCUT2D eigenvalue weighted by molar-refractivity contribution is 6.30. The topological polar surface area (TPSA) is 40.6 Å². The maximum atomic E-state index is 14.0. The zero-order valence-electron chi connectivity index (χ0n) is 13.4. The fourth-order valence-corrected chi connectivity index (χ4v) is 3.90. The van der Waals surface area contributed by atoms with Crippen LogP contribution in [0.25, 0.3) is 0 Å². The molecule has 2 amide bonds. The lowest BCUT2D eigenvalue weighted by Gasteiger charge is -2.37. The van der Waals surface area contributed by atoms with Crippen molar-refractivity contribution in [2.45, 2.75) is 25.7 Å². The second-order valence-electron chi connectivity index (χ2n) is 6.67. The summed E-state index contributed by atoms with van der Waals surface area (Å²) in [6, 6.07) is 2.18. The van der Waals surface area contributed by atoms with E-state index in [2.05, 4.69) is 0 Å². The molecular weight excluding hydrogens is 338 g/mol. The first-order valence-electron chi connectivity index (χ1n) is 8.00. The normalized spacial score (nSPS) is 24.1. The van der Waals surface area contributed by atoms with Crippen LogP contribution < -0.4 is 0 Å². The molecule has 0 N–H and O–H groups in total. The van der Waals surface area contributed by atoms with Gasteiger partial charge in [0.25, 0.3) is 0 Å². The Hall–Kier alpha value is -1.69. The summed E-state index contributed by atoms with van der Waals surface area (Å²) in [6.45, 7) is 1.48. The number of piperidine rings is 1. The van der Waals surface area contributed by atoms with Crippen LogP contribution in [0.4, 0.5) is 8.78 Å². The lowest BCUT2D eigenvalue weighted by atomic mass is 9.78. The SMILES string of the molecule is CN1CCCC2(CCN(C(=O)Cc3c(F)ccc(Cl)c3F)C2)C1=O. The fraction of sp³-hybridized carbons (Fsp3) is 0.529. The first kappa shape index (κ1) is 17.1. The van der Waals surface area contributed by atoms with Gasteiger partial charge in [0.05, 0.1) is 16.9 Å². The smallest absolute Gasteiger partial charge is 0.230 e. The second-order valence-corrected chi connectivity index (χ2v) is 7.08. The Morgan fingerprint density at radius 2 is 2.04 bits per heavy atom. The minimum Gasteiger partial charge on any atom is -0.345 e. The summed E-state index contributed by atoms with van der Waals surface area (Å²) >= 11 is 5.66. The molecule has 2 aliphatic heterocycles. The third-order valence-corrected chi connectivity index (χ3v) is 5.41. The van der Waals surface area contributed by atoms with Crippen molar-refractivity contribution in [2.24, 2.45) is 5.41 Å². The van der Waals surface area contributed by atoms with Crippen molar-refractivity contribution in [3.63, 3.8) is 0 Å². The van der Waals surface area contributed by atoms with E-state index in [0.717, 1.165) is 31.5 Å². The molecule has 4 nitrogen and oxygen atoms in total. The molecule has 0 aromatic heterocycles. The zero-order valence-corrected chi connectivity index (χ0v) is 14.2. The number of rotatable bonds is 2. The number of hydrogen-bond donors (Lipinski definition) is 0. The van der Waals surface area contributed by atoms with Gasteiger partial charge in [-0.25, -0.2) is 8.78 Å². The van der Waals surface area contributed by atoms with Gasteiger partial charge in [-0.3, -0.25) is 9.59 Å². The van der Waals surface area contributed by atoms with Gasteiger partial charge in [0.15, 0.2) is 0 Å². The Morgan fingerprint density at radius 1 is 1.29 bits per heavy atom. The molecule has 2 aliphatic rings. The number of likely N-dealkylation sites (tertiary alicyclic amines) is 2. The number of carbonyl (C=O) groups is 2. The number of carbonyl (C=O) groups excluding carboxylic acids is 2. The molecule has 0 aliphatic carbocycles. The summed E-state index contributed by atoms with van der Waals surface area (Å²) in [5, 5.41) is -0.207. The van der Waals surface area contributed by atoms with Crippen molar-refractivity contribution < 1.29 is 18.4 Å². The van der Waals surface area contributed by atoms with Crippen molar-refractivity contribution in [3.05, 3.63) is 34.4 Å².